The smallest absolute Gasteiger partial charge is 0.331 e. The molecular weight excluding hydrogens is 558 g/mol. The van der Waals surface area contributed by atoms with E-state index in [-0.39, 0.29) is 47.2 Å². The average Bonchev–Trinajstić information content (AvgIpc) is 3.18. The maximum Gasteiger partial charge on any atom is 0.331 e. The minimum atomic E-state index is -1.07. The summed E-state index contributed by atoms with van der Waals surface area (Å²) in [5.41, 5.74) is -0.980. The van der Waals surface area contributed by atoms with Crippen LogP contribution in [0.15, 0.2) is 22.8 Å². The highest BCUT2D eigenvalue weighted by atomic mass is 16.4. The van der Waals surface area contributed by atoms with E-state index in [1.165, 1.54) is 13.0 Å². The molecule has 0 aromatic heterocycles. The van der Waals surface area contributed by atoms with Crippen LogP contribution in [0.2, 0.25) is 0 Å². The summed E-state index contributed by atoms with van der Waals surface area (Å²) >= 11 is 0. The van der Waals surface area contributed by atoms with Gasteiger partial charge in [-0.15, -0.1) is 0 Å². The fourth-order valence-electron chi connectivity index (χ4n) is 11.3. The molecule has 0 aliphatic heterocycles. The van der Waals surface area contributed by atoms with Crippen molar-refractivity contribution in [2.75, 3.05) is 13.1 Å². The van der Waals surface area contributed by atoms with Gasteiger partial charge in [0.25, 0.3) is 0 Å². The number of ketones is 2. The van der Waals surface area contributed by atoms with Crippen LogP contribution in [-0.4, -0.2) is 69.4 Å². The maximum absolute atomic E-state index is 14.8. The van der Waals surface area contributed by atoms with Crippen LogP contribution in [0.3, 0.4) is 0 Å². The van der Waals surface area contributed by atoms with Crippen LogP contribution in [0.4, 0.5) is 0 Å². The number of carboxylic acid groups (broad SMARTS) is 1. The van der Waals surface area contributed by atoms with Gasteiger partial charge >= 0.3 is 5.97 Å². The number of aliphatic hydroxyl groups excluding tert-OH is 3. The Morgan fingerprint density at radius 1 is 1.07 bits per heavy atom. The van der Waals surface area contributed by atoms with Gasteiger partial charge in [0.15, 0.2) is 5.78 Å². The summed E-state index contributed by atoms with van der Waals surface area (Å²) in [5, 5.41) is 48.5. The van der Waals surface area contributed by atoms with Crippen molar-refractivity contribution < 1.29 is 34.8 Å². The molecule has 2 bridgehead atoms. The third-order valence-corrected chi connectivity index (χ3v) is 13.7. The maximum atomic E-state index is 14.8. The van der Waals surface area contributed by atoms with Gasteiger partial charge in [-0.2, -0.15) is 0 Å². The van der Waals surface area contributed by atoms with Gasteiger partial charge in [-0.05, 0) is 80.4 Å². The minimum absolute atomic E-state index is 0.0740. The van der Waals surface area contributed by atoms with Crippen molar-refractivity contribution in [1.82, 2.24) is 5.32 Å². The Balaban J connectivity index is 1.67. The number of allylic oxidation sites excluding steroid dienone is 1. The van der Waals surface area contributed by atoms with Crippen LogP contribution in [0.1, 0.15) is 106 Å². The van der Waals surface area contributed by atoms with Crippen molar-refractivity contribution in [3.8, 4) is 0 Å². The predicted octanol–water partition coefficient (Wildman–Crippen LogP) is 4.60. The molecule has 3 saturated carbocycles. The van der Waals surface area contributed by atoms with Crippen molar-refractivity contribution in [3.05, 3.63) is 22.8 Å². The fraction of sp³-hybridized carbons (Fsp3) is 0.806. The fourth-order valence-corrected chi connectivity index (χ4v) is 11.3. The number of nitrogens with one attached hydrogen (secondary N) is 1. The van der Waals surface area contributed by atoms with Gasteiger partial charge < -0.3 is 25.7 Å². The molecule has 5 aliphatic carbocycles. The number of carbonyl (C=O) groups excluding carboxylic acids is 2. The summed E-state index contributed by atoms with van der Waals surface area (Å²) < 4.78 is 0. The van der Waals surface area contributed by atoms with E-state index in [1.807, 2.05) is 20.8 Å². The molecule has 5 aliphatic rings. The second-order valence-electron chi connectivity index (χ2n) is 15.7. The summed E-state index contributed by atoms with van der Waals surface area (Å²) in [7, 11) is 0. The highest BCUT2D eigenvalue weighted by molar-refractivity contribution is 6.01. The van der Waals surface area contributed by atoms with Crippen LogP contribution in [0, 0.1) is 45.3 Å². The zero-order valence-electron chi connectivity index (χ0n) is 27.6. The van der Waals surface area contributed by atoms with Crippen LogP contribution >= 0.6 is 0 Å². The quantitative estimate of drug-likeness (QED) is 0.250. The first-order chi connectivity index (χ1) is 20.6. The minimum Gasteiger partial charge on any atom is -0.478 e. The molecule has 0 aromatic carbocycles. The normalized spacial score (nSPS) is 40.7. The topological polar surface area (TPSA) is 144 Å². The molecule has 5 rings (SSSR count). The molecule has 0 radical (unpaired) electrons. The first-order valence-corrected chi connectivity index (χ1v) is 17.1. The van der Waals surface area contributed by atoms with Gasteiger partial charge in [0.05, 0.1) is 18.3 Å². The Morgan fingerprint density at radius 3 is 2.41 bits per heavy atom. The van der Waals surface area contributed by atoms with E-state index in [0.29, 0.717) is 38.8 Å². The van der Waals surface area contributed by atoms with E-state index in [0.717, 1.165) is 43.3 Å². The van der Waals surface area contributed by atoms with Crippen molar-refractivity contribution in [2.45, 2.75) is 124 Å². The highest BCUT2D eigenvalue weighted by Crippen LogP contribution is 2.74. The van der Waals surface area contributed by atoms with Crippen molar-refractivity contribution >= 4 is 17.5 Å². The molecule has 0 saturated heterocycles. The zero-order valence-corrected chi connectivity index (χ0v) is 27.6. The molecule has 8 heteroatoms. The van der Waals surface area contributed by atoms with Gasteiger partial charge in [-0.3, -0.25) is 9.59 Å². The Hall–Kier alpha value is -1.87. The summed E-state index contributed by atoms with van der Waals surface area (Å²) in [6.07, 6.45) is 5.38. The van der Waals surface area contributed by atoms with E-state index >= 15 is 0 Å². The standard InChI is InChI=1S/C36H55NO7/c1-7-37-19-22(24(38)15-20(2)32(43)44)21(3)23-16-29(42)34(6)30-25(39)17-27-33(4,5)28(41)11-14-35(27)12-9-8-10-13-36(23,34)18-26(40)31(30)35/h15,21-25,27,29,37-39,42H,7-14,16-19H2,1-6H3,(H,43,44). The van der Waals surface area contributed by atoms with Gasteiger partial charge in [-0.25, -0.2) is 4.79 Å². The Bertz CT molecular complexity index is 1250. The second kappa shape index (κ2) is 11.7. The number of fused-ring (bicyclic) bond motifs is 2. The SMILES string of the molecule is CCNCC(C(O)C=C(C)C(=O)O)C(C)C1CC(O)C2(C)C3=C4C(=O)CC12CCCCCC41CCC(=O)C(C)(C)C1CC3O. The number of Topliss-reactive ketones (excluding diaryl/α,β-unsaturated/α-hetero) is 2. The Morgan fingerprint density at radius 2 is 1.75 bits per heavy atom. The number of carboxylic acids is 1. The largest absolute Gasteiger partial charge is 0.478 e. The zero-order chi connectivity index (χ0) is 32.4. The molecule has 246 valence electrons. The van der Waals surface area contributed by atoms with Crippen molar-refractivity contribution in [1.29, 1.82) is 0 Å². The number of carbonyl (C=O) groups is 3. The lowest BCUT2D eigenvalue weighted by Gasteiger charge is -2.63. The van der Waals surface area contributed by atoms with Gasteiger partial charge in [0.1, 0.15) is 5.78 Å². The summed E-state index contributed by atoms with van der Waals surface area (Å²) in [6.45, 7) is 12.8. The van der Waals surface area contributed by atoms with Crippen LogP contribution < -0.4 is 5.32 Å². The monoisotopic (exact) mass is 613 g/mol. The number of aliphatic carboxylic acids is 1. The van der Waals surface area contributed by atoms with Crippen LogP contribution in [-0.2, 0) is 14.4 Å². The molecule has 0 aromatic rings. The summed E-state index contributed by atoms with van der Waals surface area (Å²) in [4.78, 5) is 39.6. The van der Waals surface area contributed by atoms with E-state index in [9.17, 15) is 34.8 Å². The van der Waals surface area contributed by atoms with Gasteiger partial charge in [0.2, 0.25) is 0 Å². The first-order valence-electron chi connectivity index (χ1n) is 17.1. The Labute approximate surface area is 262 Å². The lowest BCUT2D eigenvalue weighted by molar-refractivity contribution is -0.150. The van der Waals surface area contributed by atoms with E-state index < -0.39 is 45.9 Å². The van der Waals surface area contributed by atoms with E-state index in [1.54, 1.807) is 0 Å². The molecule has 5 N–H and O–H groups in total. The third-order valence-electron chi connectivity index (χ3n) is 13.7. The number of hydrogen-bond donors (Lipinski definition) is 5. The summed E-state index contributed by atoms with van der Waals surface area (Å²) in [5.74, 6) is -1.52. The number of rotatable bonds is 8. The molecule has 10 unspecified atom stereocenters. The number of hydrogen-bond acceptors (Lipinski definition) is 7. The highest BCUT2D eigenvalue weighted by Gasteiger charge is 2.72. The number of aliphatic hydroxyl groups is 3. The molecule has 10 atom stereocenters. The molecule has 8 nitrogen and oxygen atoms in total. The van der Waals surface area contributed by atoms with Crippen molar-refractivity contribution in [3.63, 3.8) is 0 Å². The van der Waals surface area contributed by atoms with E-state index in [4.69, 9.17) is 0 Å². The van der Waals surface area contributed by atoms with Crippen molar-refractivity contribution in [2.24, 2.45) is 45.3 Å². The second-order valence-corrected chi connectivity index (χ2v) is 15.7. The molecule has 2 spiro atoms. The third kappa shape index (κ3) is 4.72. The Kier molecular flexibility index (Phi) is 8.93. The molecule has 44 heavy (non-hydrogen) atoms. The van der Waals surface area contributed by atoms with E-state index in [2.05, 4.69) is 19.2 Å². The lowest BCUT2D eigenvalue weighted by atomic mass is 9.40. The molecular formula is C36H55NO7. The molecule has 0 heterocycles. The van der Waals surface area contributed by atoms with Crippen LogP contribution in [0.5, 0.6) is 0 Å². The van der Waals surface area contributed by atoms with Crippen LogP contribution in [0.25, 0.3) is 0 Å². The molecule has 3 fully saturated rings. The van der Waals surface area contributed by atoms with Gasteiger partial charge in [0, 0.05) is 52.7 Å². The average molecular weight is 614 g/mol. The predicted molar refractivity (Wildman–Crippen MR) is 168 cm³/mol. The summed E-state index contributed by atoms with van der Waals surface area (Å²) in [6, 6.07) is 0. The lowest BCUT2D eigenvalue weighted by Crippen LogP contribution is -2.62. The first kappa shape index (κ1) is 33.5. The molecule has 0 amide bonds. The van der Waals surface area contributed by atoms with Gasteiger partial charge in [-0.1, -0.05) is 53.9 Å².